The van der Waals surface area contributed by atoms with Crippen LogP contribution in [0.3, 0.4) is 0 Å². The van der Waals surface area contributed by atoms with E-state index in [1.165, 1.54) is 0 Å². The van der Waals surface area contributed by atoms with Crippen molar-refractivity contribution in [3.63, 3.8) is 0 Å². The highest BCUT2D eigenvalue weighted by Gasteiger charge is 2.09. The summed E-state index contributed by atoms with van der Waals surface area (Å²) in [6.45, 7) is 2.34. The molecular weight excluding hydrogens is 295 g/mol. The predicted molar refractivity (Wildman–Crippen MR) is 67.7 cm³/mol. The van der Waals surface area contributed by atoms with Crippen LogP contribution in [-0.4, -0.2) is 19.1 Å². The molecule has 0 aliphatic heterocycles. The van der Waals surface area contributed by atoms with Gasteiger partial charge < -0.3 is 15.8 Å². The minimum atomic E-state index is -0.191. The van der Waals surface area contributed by atoms with Crippen LogP contribution in [0.4, 0.5) is 5.69 Å². The first-order valence-electron chi connectivity index (χ1n) is 4.68. The van der Waals surface area contributed by atoms with Gasteiger partial charge in [0.1, 0.15) is 0 Å². The summed E-state index contributed by atoms with van der Waals surface area (Å²) in [6, 6.07) is 3.23. The van der Waals surface area contributed by atoms with Crippen LogP contribution < -0.4 is 15.8 Å². The van der Waals surface area contributed by atoms with Crippen LogP contribution >= 0.6 is 27.5 Å². The second kappa shape index (κ2) is 5.96. The molecule has 6 heteroatoms. The van der Waals surface area contributed by atoms with Gasteiger partial charge >= 0.3 is 0 Å². The van der Waals surface area contributed by atoms with Crippen LogP contribution in [0, 0.1) is 0 Å². The Bertz CT molecular complexity index is 375. The summed E-state index contributed by atoms with van der Waals surface area (Å²) in [5.41, 5.74) is 6.10. The largest absolute Gasteiger partial charge is 0.480 e. The minimum absolute atomic E-state index is 0.0712. The van der Waals surface area contributed by atoms with E-state index < -0.39 is 0 Å². The topological polar surface area (TPSA) is 64.3 Å². The van der Waals surface area contributed by atoms with Crippen molar-refractivity contribution in [2.24, 2.45) is 0 Å². The molecule has 4 nitrogen and oxygen atoms in total. The molecule has 0 saturated heterocycles. The summed E-state index contributed by atoms with van der Waals surface area (Å²) in [7, 11) is 0. The van der Waals surface area contributed by atoms with Crippen molar-refractivity contribution in [2.75, 3.05) is 18.9 Å². The highest BCUT2D eigenvalue weighted by molar-refractivity contribution is 9.10. The predicted octanol–water partition coefficient (Wildman–Crippen LogP) is 2.20. The van der Waals surface area contributed by atoms with Gasteiger partial charge in [-0.3, -0.25) is 4.79 Å². The molecule has 0 fully saturated rings. The van der Waals surface area contributed by atoms with Gasteiger partial charge in [-0.05, 0) is 35.0 Å². The van der Waals surface area contributed by atoms with E-state index in [0.717, 1.165) is 0 Å². The first-order valence-corrected chi connectivity index (χ1v) is 5.85. The van der Waals surface area contributed by atoms with Crippen LogP contribution in [0.15, 0.2) is 16.6 Å². The number of hydrogen-bond acceptors (Lipinski definition) is 3. The standard InChI is InChI=1S/C10H12BrClN2O2/c1-2-14-9(15)5-16-10-7(11)3-6(12)4-8(10)13/h3-4H,2,5,13H2,1H3,(H,14,15). The van der Waals surface area contributed by atoms with Crippen molar-refractivity contribution < 1.29 is 9.53 Å². The van der Waals surface area contributed by atoms with Crippen molar-refractivity contribution in [3.05, 3.63) is 21.6 Å². The monoisotopic (exact) mass is 306 g/mol. The Labute approximate surface area is 107 Å². The number of nitrogen functional groups attached to an aromatic ring is 1. The van der Waals surface area contributed by atoms with E-state index in [-0.39, 0.29) is 12.5 Å². The van der Waals surface area contributed by atoms with Gasteiger partial charge in [-0.25, -0.2) is 0 Å². The number of carbonyl (C=O) groups excluding carboxylic acids is 1. The lowest BCUT2D eigenvalue weighted by Gasteiger charge is -2.10. The molecule has 16 heavy (non-hydrogen) atoms. The van der Waals surface area contributed by atoms with Gasteiger partial charge in [-0.1, -0.05) is 11.6 Å². The SMILES string of the molecule is CCNC(=O)COc1c(N)cc(Cl)cc1Br. The van der Waals surface area contributed by atoms with E-state index in [4.69, 9.17) is 22.1 Å². The van der Waals surface area contributed by atoms with Crippen molar-refractivity contribution in [2.45, 2.75) is 6.92 Å². The molecule has 1 rings (SSSR count). The number of nitrogens with two attached hydrogens (primary N) is 1. The highest BCUT2D eigenvalue weighted by atomic mass is 79.9. The van der Waals surface area contributed by atoms with Crippen molar-refractivity contribution in [1.29, 1.82) is 0 Å². The first kappa shape index (κ1) is 13.1. The van der Waals surface area contributed by atoms with Crippen LogP contribution in [0.2, 0.25) is 5.02 Å². The number of hydrogen-bond donors (Lipinski definition) is 2. The number of likely N-dealkylation sites (N-methyl/N-ethyl adjacent to an activating group) is 1. The molecule has 0 heterocycles. The van der Waals surface area contributed by atoms with E-state index in [1.807, 2.05) is 6.92 Å². The zero-order valence-electron chi connectivity index (χ0n) is 8.72. The number of carbonyl (C=O) groups is 1. The maximum absolute atomic E-state index is 11.2. The fourth-order valence-electron chi connectivity index (χ4n) is 1.12. The summed E-state index contributed by atoms with van der Waals surface area (Å²) in [5.74, 6) is 0.236. The summed E-state index contributed by atoms with van der Waals surface area (Å²) in [5, 5.41) is 3.13. The van der Waals surface area contributed by atoms with Crippen LogP contribution in [-0.2, 0) is 4.79 Å². The molecule has 0 saturated carbocycles. The normalized spacial score (nSPS) is 9.94. The summed E-state index contributed by atoms with van der Waals surface area (Å²) >= 11 is 9.06. The molecule has 0 aromatic heterocycles. The van der Waals surface area contributed by atoms with Gasteiger partial charge in [-0.15, -0.1) is 0 Å². The number of ether oxygens (including phenoxy) is 1. The third-order valence-corrected chi connectivity index (χ3v) is 2.57. The lowest BCUT2D eigenvalue weighted by atomic mass is 10.3. The third kappa shape index (κ3) is 3.57. The number of anilines is 1. The average Bonchev–Trinajstić information content (AvgIpc) is 2.16. The van der Waals surface area contributed by atoms with Crippen molar-refractivity contribution in [1.82, 2.24) is 5.32 Å². The first-order chi connectivity index (χ1) is 7.54. The maximum atomic E-state index is 11.2. The molecule has 0 atom stereocenters. The van der Waals surface area contributed by atoms with Gasteiger partial charge in [0.05, 0.1) is 10.2 Å². The van der Waals surface area contributed by atoms with Gasteiger partial charge in [0, 0.05) is 11.6 Å². The van der Waals surface area contributed by atoms with Gasteiger partial charge in [0.25, 0.3) is 5.91 Å². The van der Waals surface area contributed by atoms with Crippen LogP contribution in [0.25, 0.3) is 0 Å². The number of halogens is 2. The van der Waals surface area contributed by atoms with E-state index in [1.54, 1.807) is 12.1 Å². The fourth-order valence-corrected chi connectivity index (χ4v) is 2.07. The van der Waals surface area contributed by atoms with Crippen molar-refractivity contribution >= 4 is 39.1 Å². The Hall–Kier alpha value is -0.940. The lowest BCUT2D eigenvalue weighted by Crippen LogP contribution is -2.28. The summed E-state index contributed by atoms with van der Waals surface area (Å²) < 4.78 is 5.92. The van der Waals surface area contributed by atoms with Crippen LogP contribution in [0.1, 0.15) is 6.92 Å². The smallest absolute Gasteiger partial charge is 0.257 e. The Morgan fingerprint density at radius 3 is 2.88 bits per heavy atom. The second-order valence-corrected chi connectivity index (χ2v) is 4.34. The Balaban J connectivity index is 2.70. The molecule has 1 aromatic carbocycles. The maximum Gasteiger partial charge on any atom is 0.257 e. The zero-order chi connectivity index (χ0) is 12.1. The van der Waals surface area contributed by atoms with Gasteiger partial charge in [0.2, 0.25) is 0 Å². The van der Waals surface area contributed by atoms with E-state index in [0.29, 0.717) is 27.5 Å². The Morgan fingerprint density at radius 1 is 1.62 bits per heavy atom. The quantitative estimate of drug-likeness (QED) is 0.838. The van der Waals surface area contributed by atoms with E-state index in [9.17, 15) is 4.79 Å². The Morgan fingerprint density at radius 2 is 2.31 bits per heavy atom. The third-order valence-electron chi connectivity index (χ3n) is 1.76. The van der Waals surface area contributed by atoms with E-state index >= 15 is 0 Å². The highest BCUT2D eigenvalue weighted by Crippen LogP contribution is 2.34. The minimum Gasteiger partial charge on any atom is -0.480 e. The number of amides is 1. The Kier molecular flexibility index (Phi) is 4.89. The van der Waals surface area contributed by atoms with Gasteiger partial charge in [0.15, 0.2) is 12.4 Å². The second-order valence-electron chi connectivity index (χ2n) is 3.05. The molecule has 0 bridgehead atoms. The molecule has 0 aliphatic rings. The molecule has 88 valence electrons. The number of rotatable bonds is 4. The molecule has 1 aromatic rings. The van der Waals surface area contributed by atoms with E-state index in [2.05, 4.69) is 21.2 Å². The molecule has 0 aliphatic carbocycles. The molecule has 1 amide bonds. The lowest BCUT2D eigenvalue weighted by molar-refractivity contribution is -0.122. The number of benzene rings is 1. The molecule has 0 radical (unpaired) electrons. The average molecular weight is 308 g/mol. The van der Waals surface area contributed by atoms with Crippen LogP contribution in [0.5, 0.6) is 5.75 Å². The van der Waals surface area contributed by atoms with Crippen molar-refractivity contribution in [3.8, 4) is 5.75 Å². The summed E-state index contributed by atoms with van der Waals surface area (Å²) in [4.78, 5) is 11.2. The zero-order valence-corrected chi connectivity index (χ0v) is 11.1. The molecule has 3 N–H and O–H groups in total. The molecule has 0 unspecified atom stereocenters. The molecule has 0 spiro atoms. The fraction of sp³-hybridized carbons (Fsp3) is 0.300. The molecular formula is C10H12BrClN2O2. The number of nitrogens with one attached hydrogen (secondary N) is 1. The van der Waals surface area contributed by atoms with Gasteiger partial charge in [-0.2, -0.15) is 0 Å². The summed E-state index contributed by atoms with van der Waals surface area (Å²) in [6.07, 6.45) is 0.